The Labute approximate surface area is 323 Å². The summed E-state index contributed by atoms with van der Waals surface area (Å²) in [5, 5.41) is 5.62. The van der Waals surface area contributed by atoms with Gasteiger partial charge in [-0.05, 0) is 75.3 Å². The van der Waals surface area contributed by atoms with Gasteiger partial charge in [0.1, 0.15) is 11.2 Å². The van der Waals surface area contributed by atoms with Crippen LogP contribution < -0.4 is 0 Å². The van der Waals surface area contributed by atoms with Crippen LogP contribution in [0.2, 0.25) is 0 Å². The molecule has 0 N–H and O–H groups in total. The van der Waals surface area contributed by atoms with Gasteiger partial charge in [0.15, 0.2) is 11.7 Å². The Kier molecular flexibility index (Phi) is 8.26. The van der Waals surface area contributed by atoms with Crippen LogP contribution in [0, 0.1) is 0 Å². The number of rotatable bonds is 6. The fourth-order valence-electron chi connectivity index (χ4n) is 7.48. The lowest BCUT2D eigenvalue weighted by Crippen LogP contribution is -2.05. The lowest BCUT2D eigenvalue weighted by Gasteiger charge is -2.09. The number of hydrogen-bond acceptors (Lipinski definition) is 3. The quantitative estimate of drug-likeness (QED) is 0.127. The molecular formula is C50H34N6. The molecule has 7 aromatic carbocycles. The zero-order valence-corrected chi connectivity index (χ0v) is 30.4. The molecule has 10 aromatic rings. The third kappa shape index (κ3) is 6.09. The van der Waals surface area contributed by atoms with Crippen LogP contribution in [0.1, 0.15) is 16.7 Å². The number of imidazole rings is 1. The second-order valence-electron chi connectivity index (χ2n) is 13.8. The average Bonchev–Trinajstić information content (AvgIpc) is 3.66. The van der Waals surface area contributed by atoms with E-state index in [0.717, 1.165) is 88.2 Å². The predicted molar refractivity (Wildman–Crippen MR) is 233 cm³/mol. The Bertz CT molecular complexity index is 3170. The highest BCUT2D eigenvalue weighted by Crippen LogP contribution is 2.34. The minimum atomic E-state index is 0.454. The summed E-state index contributed by atoms with van der Waals surface area (Å²) >= 11 is 0. The Hall–Kier alpha value is -7.57. The maximum Gasteiger partial charge on any atom is 0.161 e. The summed E-state index contributed by atoms with van der Waals surface area (Å²) in [7, 11) is 0. The van der Waals surface area contributed by atoms with Crippen molar-refractivity contribution < 1.29 is 0 Å². The molecule has 0 aliphatic heterocycles. The smallest absolute Gasteiger partial charge is 0.161 e. The van der Waals surface area contributed by atoms with Crippen molar-refractivity contribution in [1.29, 1.82) is 0 Å². The Morgan fingerprint density at radius 2 is 1.12 bits per heavy atom. The van der Waals surface area contributed by atoms with E-state index in [0.29, 0.717) is 18.2 Å². The molecule has 0 saturated carbocycles. The molecule has 56 heavy (non-hydrogen) atoms. The van der Waals surface area contributed by atoms with E-state index < -0.39 is 0 Å². The number of benzene rings is 7. The molecule has 0 unspecified atom stereocenters. The molecule has 0 aliphatic carbocycles. The highest BCUT2D eigenvalue weighted by molar-refractivity contribution is 6.14. The number of aromatic nitrogens is 3. The number of hydrogen-bond donors (Lipinski definition) is 0. The largest absolute Gasteiger partial charge is 0.298 e. The standard InChI is InChI=1S/C50H34N6/c1-51-49(41-27-23-34-10-2-4-12-39(34)30-41)55-50(42-28-24-35-11-3-5-13-40(35)31-42)52-32-33-17-19-36(20-18-33)37-21-25-38(26-22-37)46-48-47(43-14-6-7-15-44(43)53-46)54-45-16-8-9-29-56(45)48/h2-31H,1,32H2. The van der Waals surface area contributed by atoms with Crippen LogP contribution in [-0.2, 0) is 6.54 Å². The summed E-state index contributed by atoms with van der Waals surface area (Å²) in [5.41, 5.74) is 10.9. The number of nitrogens with zero attached hydrogens (tertiary/aromatic N) is 6. The maximum atomic E-state index is 5.14. The third-order valence-electron chi connectivity index (χ3n) is 10.4. The van der Waals surface area contributed by atoms with Crippen molar-refractivity contribution in [3.8, 4) is 22.4 Å². The fourth-order valence-corrected chi connectivity index (χ4v) is 7.48. The number of fused-ring (bicyclic) bond motifs is 7. The zero-order valence-electron chi connectivity index (χ0n) is 30.4. The topological polar surface area (TPSA) is 67.3 Å². The van der Waals surface area contributed by atoms with Crippen molar-refractivity contribution in [3.63, 3.8) is 0 Å². The molecule has 0 saturated heterocycles. The van der Waals surface area contributed by atoms with Crippen molar-refractivity contribution in [1.82, 2.24) is 14.4 Å². The second-order valence-corrected chi connectivity index (χ2v) is 13.8. The number of aliphatic imine (C=N–C) groups is 3. The van der Waals surface area contributed by atoms with Crippen LogP contribution in [0.15, 0.2) is 197 Å². The molecule has 0 atom stereocenters. The van der Waals surface area contributed by atoms with Gasteiger partial charge in [-0.2, -0.15) is 0 Å². The normalized spacial score (nSPS) is 12.3. The fraction of sp³-hybridized carbons (Fsp3) is 0.0200. The van der Waals surface area contributed by atoms with Crippen LogP contribution >= 0.6 is 0 Å². The summed E-state index contributed by atoms with van der Waals surface area (Å²) in [4.78, 5) is 24.6. The first-order valence-corrected chi connectivity index (χ1v) is 18.6. The van der Waals surface area contributed by atoms with E-state index in [4.69, 9.17) is 20.0 Å². The monoisotopic (exact) mass is 718 g/mol. The third-order valence-corrected chi connectivity index (χ3v) is 10.4. The maximum absolute atomic E-state index is 5.14. The summed E-state index contributed by atoms with van der Waals surface area (Å²) in [6.07, 6.45) is 2.06. The van der Waals surface area contributed by atoms with Crippen molar-refractivity contribution >= 4 is 67.5 Å². The second kappa shape index (κ2) is 14.0. The molecule has 0 aliphatic rings. The van der Waals surface area contributed by atoms with Crippen molar-refractivity contribution in [2.75, 3.05) is 0 Å². The van der Waals surface area contributed by atoms with Crippen molar-refractivity contribution in [2.24, 2.45) is 15.0 Å². The van der Waals surface area contributed by atoms with Gasteiger partial charge in [0, 0.05) is 28.3 Å². The molecule has 0 spiro atoms. The minimum Gasteiger partial charge on any atom is -0.298 e. The first-order valence-electron chi connectivity index (χ1n) is 18.6. The molecule has 6 nitrogen and oxygen atoms in total. The average molecular weight is 719 g/mol. The van der Waals surface area contributed by atoms with E-state index in [-0.39, 0.29) is 0 Å². The van der Waals surface area contributed by atoms with Crippen molar-refractivity contribution in [2.45, 2.75) is 6.54 Å². The van der Waals surface area contributed by atoms with E-state index in [9.17, 15) is 0 Å². The van der Waals surface area contributed by atoms with Gasteiger partial charge in [0.25, 0.3) is 0 Å². The first-order chi connectivity index (χ1) is 27.7. The summed E-state index contributed by atoms with van der Waals surface area (Å²) < 4.78 is 2.13. The summed E-state index contributed by atoms with van der Waals surface area (Å²) in [6, 6.07) is 60.7. The molecule has 3 aromatic heterocycles. The lowest BCUT2D eigenvalue weighted by atomic mass is 10.0. The minimum absolute atomic E-state index is 0.454. The van der Waals surface area contributed by atoms with Gasteiger partial charge < -0.3 is 0 Å². The Balaban J connectivity index is 0.964. The van der Waals surface area contributed by atoms with Crippen LogP contribution in [0.25, 0.3) is 71.5 Å². The van der Waals surface area contributed by atoms with Gasteiger partial charge in [0.2, 0.25) is 0 Å². The Morgan fingerprint density at radius 1 is 0.536 bits per heavy atom. The molecule has 10 rings (SSSR count). The number of amidine groups is 2. The van der Waals surface area contributed by atoms with Gasteiger partial charge in [-0.1, -0.05) is 146 Å². The molecule has 0 radical (unpaired) electrons. The van der Waals surface area contributed by atoms with E-state index in [2.05, 4.69) is 144 Å². The number of para-hydroxylation sites is 1. The van der Waals surface area contributed by atoms with E-state index in [1.807, 2.05) is 54.6 Å². The highest BCUT2D eigenvalue weighted by Gasteiger charge is 2.16. The van der Waals surface area contributed by atoms with Crippen LogP contribution in [0.4, 0.5) is 0 Å². The van der Waals surface area contributed by atoms with Gasteiger partial charge in [-0.15, -0.1) is 0 Å². The van der Waals surface area contributed by atoms with E-state index >= 15 is 0 Å². The van der Waals surface area contributed by atoms with E-state index in [1.165, 1.54) is 0 Å². The summed E-state index contributed by atoms with van der Waals surface area (Å²) in [5.74, 6) is 1.14. The number of pyridine rings is 2. The molecule has 3 heterocycles. The van der Waals surface area contributed by atoms with Crippen molar-refractivity contribution in [3.05, 3.63) is 199 Å². The molecule has 0 amide bonds. The molecule has 0 fully saturated rings. The first kappa shape index (κ1) is 33.0. The SMILES string of the molecule is C=NC(=NC(=NCc1ccc(-c2ccc(-c3nc4ccccc4c4nc5ccccn5c34)cc2)cc1)c1ccc2ccccc2c1)c1ccc2ccccc2c1. The lowest BCUT2D eigenvalue weighted by molar-refractivity contribution is 1.06. The highest BCUT2D eigenvalue weighted by atomic mass is 15.0. The summed E-state index contributed by atoms with van der Waals surface area (Å²) in [6.45, 7) is 4.34. The van der Waals surface area contributed by atoms with E-state index in [1.54, 1.807) is 0 Å². The van der Waals surface area contributed by atoms with Gasteiger partial charge >= 0.3 is 0 Å². The molecule has 264 valence electrons. The predicted octanol–water partition coefficient (Wildman–Crippen LogP) is 11.8. The van der Waals surface area contributed by atoms with Crippen LogP contribution in [0.3, 0.4) is 0 Å². The molecule has 6 heteroatoms. The van der Waals surface area contributed by atoms with Gasteiger partial charge in [-0.25, -0.2) is 20.0 Å². The Morgan fingerprint density at radius 3 is 1.82 bits per heavy atom. The van der Waals surface area contributed by atoms with Crippen LogP contribution in [0.5, 0.6) is 0 Å². The zero-order chi connectivity index (χ0) is 37.4. The molecular weight excluding hydrogens is 685 g/mol. The molecule has 0 bridgehead atoms. The van der Waals surface area contributed by atoms with Crippen LogP contribution in [-0.4, -0.2) is 32.8 Å². The van der Waals surface area contributed by atoms with Gasteiger partial charge in [0.05, 0.1) is 23.3 Å². The van der Waals surface area contributed by atoms with Gasteiger partial charge in [-0.3, -0.25) is 9.39 Å².